The summed E-state index contributed by atoms with van der Waals surface area (Å²) in [6, 6.07) is 23.8. The van der Waals surface area contributed by atoms with Crippen LogP contribution >= 0.6 is 11.6 Å². The molecule has 4 aromatic rings. The van der Waals surface area contributed by atoms with Gasteiger partial charge in [-0.2, -0.15) is 15.0 Å². The molecule has 2 aromatic carbocycles. The van der Waals surface area contributed by atoms with Gasteiger partial charge in [-0.05, 0) is 23.8 Å². The molecule has 0 aliphatic heterocycles. The highest BCUT2D eigenvalue weighted by Gasteiger charge is 2.14. The fraction of sp³-hybridized carbons (Fsp3) is 0.136. The van der Waals surface area contributed by atoms with Gasteiger partial charge < -0.3 is 5.32 Å². The lowest BCUT2D eigenvalue weighted by atomic mass is 10.1. The van der Waals surface area contributed by atoms with E-state index in [9.17, 15) is 0 Å². The van der Waals surface area contributed by atoms with E-state index in [4.69, 9.17) is 21.8 Å². The molecule has 0 aliphatic rings. The summed E-state index contributed by atoms with van der Waals surface area (Å²) in [5, 5.41) is 13.6. The Morgan fingerprint density at radius 2 is 1.61 bits per heavy atom. The molecule has 2 aromatic heterocycles. The van der Waals surface area contributed by atoms with Crippen molar-refractivity contribution in [2.24, 2.45) is 0 Å². The molecular weight excluding hydrogens is 370 g/mol. The maximum absolute atomic E-state index is 6.30. The van der Waals surface area contributed by atoms with E-state index in [0.29, 0.717) is 19.6 Å². The second kappa shape index (κ2) is 8.78. The normalized spacial score (nSPS) is 10.9. The highest BCUT2D eigenvalue weighted by molar-refractivity contribution is 6.31. The van der Waals surface area contributed by atoms with Gasteiger partial charge >= 0.3 is 0 Å². The summed E-state index contributed by atoms with van der Waals surface area (Å²) in [5.41, 5.74) is 4.80. The molecule has 0 saturated heterocycles. The summed E-state index contributed by atoms with van der Waals surface area (Å²) in [7, 11) is 0. The van der Waals surface area contributed by atoms with Crippen LogP contribution in [0.25, 0.3) is 11.3 Å². The third-order valence-corrected chi connectivity index (χ3v) is 4.74. The number of nitrogens with one attached hydrogen (secondary N) is 1. The van der Waals surface area contributed by atoms with Gasteiger partial charge in [-0.3, -0.25) is 4.98 Å². The highest BCUT2D eigenvalue weighted by atomic mass is 35.5. The second-order valence-electron chi connectivity index (χ2n) is 6.41. The predicted molar refractivity (Wildman–Crippen MR) is 111 cm³/mol. The Kier molecular flexibility index (Phi) is 5.75. The first-order valence-electron chi connectivity index (χ1n) is 9.13. The molecule has 0 unspecified atom stereocenters. The number of aromatic nitrogens is 4. The molecule has 0 atom stereocenters. The van der Waals surface area contributed by atoms with E-state index in [0.717, 1.165) is 33.2 Å². The number of rotatable bonds is 7. The van der Waals surface area contributed by atoms with Crippen LogP contribution in [0.15, 0.2) is 79.0 Å². The first-order valence-corrected chi connectivity index (χ1v) is 9.51. The number of hydrogen-bond acceptors (Lipinski definition) is 4. The molecule has 2 heterocycles. The zero-order valence-corrected chi connectivity index (χ0v) is 16.0. The summed E-state index contributed by atoms with van der Waals surface area (Å²) in [6.07, 6.45) is 1.80. The maximum atomic E-state index is 6.30. The molecular formula is C22H20ClN5. The van der Waals surface area contributed by atoms with Crippen molar-refractivity contribution >= 4 is 11.6 Å². The van der Waals surface area contributed by atoms with Gasteiger partial charge in [0, 0.05) is 29.9 Å². The number of hydrogen-bond donors (Lipinski definition) is 1. The maximum Gasteiger partial charge on any atom is 0.117 e. The Morgan fingerprint density at radius 1 is 0.821 bits per heavy atom. The van der Waals surface area contributed by atoms with Crippen LogP contribution in [0.5, 0.6) is 0 Å². The van der Waals surface area contributed by atoms with Gasteiger partial charge in [0.15, 0.2) is 0 Å². The van der Waals surface area contributed by atoms with Crippen molar-refractivity contribution in [3.8, 4) is 11.3 Å². The lowest BCUT2D eigenvalue weighted by Crippen LogP contribution is -2.15. The molecule has 140 valence electrons. The minimum Gasteiger partial charge on any atom is -0.305 e. The Labute approximate surface area is 169 Å². The molecule has 28 heavy (non-hydrogen) atoms. The van der Waals surface area contributed by atoms with Gasteiger partial charge in [-0.15, -0.1) is 0 Å². The molecule has 4 rings (SSSR count). The monoisotopic (exact) mass is 389 g/mol. The van der Waals surface area contributed by atoms with E-state index in [1.807, 2.05) is 72.8 Å². The lowest BCUT2D eigenvalue weighted by molar-refractivity contribution is 0.575. The Balaban J connectivity index is 1.56. The average molecular weight is 390 g/mol. The van der Waals surface area contributed by atoms with Crippen molar-refractivity contribution in [3.63, 3.8) is 0 Å². The van der Waals surface area contributed by atoms with Crippen molar-refractivity contribution in [1.29, 1.82) is 0 Å². The van der Waals surface area contributed by atoms with Crippen molar-refractivity contribution in [2.45, 2.75) is 19.6 Å². The molecule has 0 bridgehead atoms. The molecule has 0 radical (unpaired) electrons. The smallest absolute Gasteiger partial charge is 0.117 e. The molecule has 0 amide bonds. The zero-order valence-electron chi connectivity index (χ0n) is 15.3. The predicted octanol–water partition coefficient (Wildman–Crippen LogP) is 4.33. The van der Waals surface area contributed by atoms with E-state index in [-0.39, 0.29) is 0 Å². The third kappa shape index (κ3) is 4.44. The van der Waals surface area contributed by atoms with Gasteiger partial charge in [0.2, 0.25) is 0 Å². The zero-order chi connectivity index (χ0) is 19.2. The van der Waals surface area contributed by atoms with Crippen LogP contribution in [0.4, 0.5) is 0 Å². The Morgan fingerprint density at radius 3 is 2.39 bits per heavy atom. The van der Waals surface area contributed by atoms with Gasteiger partial charge in [0.1, 0.15) is 11.4 Å². The SMILES string of the molecule is Clc1ccccc1Cn1nc(CNCc2ccccn2)c(-c2ccccc2)n1. The van der Waals surface area contributed by atoms with Crippen molar-refractivity contribution in [1.82, 2.24) is 25.3 Å². The summed E-state index contributed by atoms with van der Waals surface area (Å²) in [6.45, 7) is 1.80. The summed E-state index contributed by atoms with van der Waals surface area (Å²) < 4.78 is 0. The molecule has 0 saturated carbocycles. The van der Waals surface area contributed by atoms with Crippen LogP contribution in [0.2, 0.25) is 5.02 Å². The molecule has 0 spiro atoms. The molecule has 5 nitrogen and oxygen atoms in total. The van der Waals surface area contributed by atoms with Crippen LogP contribution < -0.4 is 5.32 Å². The minimum atomic E-state index is 0.528. The van der Waals surface area contributed by atoms with E-state index in [1.165, 1.54) is 0 Å². The number of nitrogens with zero attached hydrogens (tertiary/aromatic N) is 4. The average Bonchev–Trinajstić information content (AvgIpc) is 3.14. The van der Waals surface area contributed by atoms with Crippen LogP contribution in [-0.2, 0) is 19.6 Å². The number of pyridine rings is 1. The van der Waals surface area contributed by atoms with Crippen LogP contribution in [-0.4, -0.2) is 20.0 Å². The van der Waals surface area contributed by atoms with E-state index < -0.39 is 0 Å². The highest BCUT2D eigenvalue weighted by Crippen LogP contribution is 2.21. The van der Waals surface area contributed by atoms with Crippen molar-refractivity contribution < 1.29 is 0 Å². The molecule has 0 aliphatic carbocycles. The first kappa shape index (κ1) is 18.3. The second-order valence-corrected chi connectivity index (χ2v) is 6.81. The topological polar surface area (TPSA) is 55.6 Å². The Bertz CT molecular complexity index is 1030. The van der Waals surface area contributed by atoms with E-state index in [2.05, 4.69) is 10.3 Å². The molecule has 1 N–H and O–H groups in total. The summed E-state index contributed by atoms with van der Waals surface area (Å²) in [4.78, 5) is 6.05. The van der Waals surface area contributed by atoms with E-state index >= 15 is 0 Å². The van der Waals surface area contributed by atoms with Crippen LogP contribution in [0.1, 0.15) is 17.0 Å². The van der Waals surface area contributed by atoms with Gasteiger partial charge in [-0.25, -0.2) is 0 Å². The largest absolute Gasteiger partial charge is 0.305 e. The quantitative estimate of drug-likeness (QED) is 0.511. The van der Waals surface area contributed by atoms with Gasteiger partial charge in [0.05, 0.1) is 12.2 Å². The lowest BCUT2D eigenvalue weighted by Gasteiger charge is -2.04. The minimum absolute atomic E-state index is 0.528. The summed E-state index contributed by atoms with van der Waals surface area (Å²) in [5.74, 6) is 0. The van der Waals surface area contributed by atoms with Crippen molar-refractivity contribution in [2.75, 3.05) is 0 Å². The molecule has 0 fully saturated rings. The third-order valence-electron chi connectivity index (χ3n) is 4.37. The number of benzene rings is 2. The van der Waals surface area contributed by atoms with Crippen LogP contribution in [0.3, 0.4) is 0 Å². The first-order chi connectivity index (χ1) is 13.8. The summed E-state index contributed by atoms with van der Waals surface area (Å²) >= 11 is 6.30. The van der Waals surface area contributed by atoms with E-state index in [1.54, 1.807) is 11.0 Å². The van der Waals surface area contributed by atoms with Gasteiger partial charge in [0.25, 0.3) is 0 Å². The van der Waals surface area contributed by atoms with Crippen molar-refractivity contribution in [3.05, 3.63) is 101 Å². The fourth-order valence-corrected chi connectivity index (χ4v) is 3.18. The standard InChI is InChI=1S/C22H20ClN5/c23-20-12-5-4-10-18(20)16-28-26-21(15-24-14-19-11-6-7-13-25-19)22(27-28)17-8-2-1-3-9-17/h1-13,24H,14-16H2. The van der Waals surface area contributed by atoms with Gasteiger partial charge in [-0.1, -0.05) is 66.2 Å². The van der Waals surface area contributed by atoms with Crippen LogP contribution in [0, 0.1) is 0 Å². The fourth-order valence-electron chi connectivity index (χ4n) is 2.98. The number of halogens is 1. The molecule has 6 heteroatoms. The Hall–Kier alpha value is -3.02.